The summed E-state index contributed by atoms with van der Waals surface area (Å²) in [6, 6.07) is 2.35. The van der Waals surface area contributed by atoms with Gasteiger partial charge in [0.15, 0.2) is 5.82 Å². The van der Waals surface area contributed by atoms with Crippen molar-refractivity contribution in [2.45, 2.75) is 6.92 Å². The molecule has 0 atom stereocenters. The molecule has 0 saturated heterocycles. The predicted molar refractivity (Wildman–Crippen MR) is 72.1 cm³/mol. The maximum atomic E-state index is 13.1. The second kappa shape index (κ2) is 4.66. The fraction of sp³-hybridized carbons (Fsp3) is 0.182. The topological polar surface area (TPSA) is 55.9 Å². The van der Waals surface area contributed by atoms with Crippen LogP contribution in [0.4, 0.5) is 21.6 Å². The maximum absolute atomic E-state index is 13.1. The molecule has 1 heterocycles. The SMILES string of the molecule is Cc1nn(C)c(Nc2c(Cl)cc(F)cc2Cl)c1N. The van der Waals surface area contributed by atoms with Gasteiger partial charge in [-0.15, -0.1) is 0 Å². The van der Waals surface area contributed by atoms with Gasteiger partial charge in [-0.25, -0.2) is 4.39 Å². The Morgan fingerprint density at radius 3 is 2.33 bits per heavy atom. The summed E-state index contributed by atoms with van der Waals surface area (Å²) in [4.78, 5) is 0. The van der Waals surface area contributed by atoms with Gasteiger partial charge in [0.2, 0.25) is 0 Å². The van der Waals surface area contributed by atoms with Crippen molar-refractivity contribution in [3.63, 3.8) is 0 Å². The van der Waals surface area contributed by atoms with Crippen molar-refractivity contribution >= 4 is 40.4 Å². The highest BCUT2D eigenvalue weighted by Crippen LogP contribution is 2.35. The molecule has 0 amide bonds. The summed E-state index contributed by atoms with van der Waals surface area (Å²) in [5.41, 5.74) is 7.46. The van der Waals surface area contributed by atoms with Crippen LogP contribution < -0.4 is 11.1 Å². The van der Waals surface area contributed by atoms with Crippen LogP contribution in [-0.4, -0.2) is 9.78 Å². The Kier molecular flexibility index (Phi) is 3.36. The molecule has 1 aromatic heterocycles. The van der Waals surface area contributed by atoms with E-state index in [1.165, 1.54) is 12.1 Å². The van der Waals surface area contributed by atoms with Crippen molar-refractivity contribution in [1.29, 1.82) is 0 Å². The Morgan fingerprint density at radius 1 is 1.33 bits per heavy atom. The molecule has 2 aromatic rings. The highest BCUT2D eigenvalue weighted by atomic mass is 35.5. The van der Waals surface area contributed by atoms with Crippen molar-refractivity contribution in [2.75, 3.05) is 11.1 Å². The average Bonchev–Trinajstić information content (AvgIpc) is 2.48. The first-order valence-corrected chi connectivity index (χ1v) is 5.86. The molecular formula is C11H11Cl2FN4. The lowest BCUT2D eigenvalue weighted by Crippen LogP contribution is -2.02. The number of aryl methyl sites for hydroxylation is 2. The zero-order valence-electron chi connectivity index (χ0n) is 9.76. The van der Waals surface area contributed by atoms with Gasteiger partial charge < -0.3 is 11.1 Å². The number of nitrogens with zero attached hydrogens (tertiary/aromatic N) is 2. The van der Waals surface area contributed by atoms with Gasteiger partial charge in [0.1, 0.15) is 5.82 Å². The van der Waals surface area contributed by atoms with Crippen LogP contribution in [0.2, 0.25) is 10.0 Å². The van der Waals surface area contributed by atoms with Gasteiger partial charge >= 0.3 is 0 Å². The van der Waals surface area contributed by atoms with Crippen molar-refractivity contribution in [3.8, 4) is 0 Å². The Labute approximate surface area is 113 Å². The standard InChI is InChI=1S/C11H11Cl2FN4/c1-5-9(15)11(18(2)17-5)16-10-7(12)3-6(14)4-8(10)13/h3-4,16H,15H2,1-2H3. The minimum absolute atomic E-state index is 0.179. The summed E-state index contributed by atoms with van der Waals surface area (Å²) >= 11 is 11.9. The van der Waals surface area contributed by atoms with E-state index < -0.39 is 5.82 Å². The van der Waals surface area contributed by atoms with Gasteiger partial charge in [0, 0.05) is 7.05 Å². The molecule has 0 aliphatic rings. The van der Waals surface area contributed by atoms with E-state index in [9.17, 15) is 4.39 Å². The van der Waals surface area contributed by atoms with E-state index in [1.54, 1.807) is 18.7 Å². The van der Waals surface area contributed by atoms with E-state index in [-0.39, 0.29) is 10.0 Å². The first-order valence-electron chi connectivity index (χ1n) is 5.10. The highest BCUT2D eigenvalue weighted by Gasteiger charge is 2.14. The van der Waals surface area contributed by atoms with Crippen LogP contribution in [0.1, 0.15) is 5.69 Å². The third-order valence-corrected chi connectivity index (χ3v) is 3.11. The number of nitrogen functional groups attached to an aromatic ring is 1. The molecule has 2 rings (SSSR count). The third-order valence-electron chi connectivity index (χ3n) is 2.52. The van der Waals surface area contributed by atoms with Crippen LogP contribution in [0.15, 0.2) is 12.1 Å². The molecule has 0 radical (unpaired) electrons. The van der Waals surface area contributed by atoms with Gasteiger partial charge in [0.05, 0.1) is 27.1 Å². The maximum Gasteiger partial charge on any atom is 0.152 e. The summed E-state index contributed by atoms with van der Waals surface area (Å²) in [6.45, 7) is 1.79. The fourth-order valence-corrected chi connectivity index (χ4v) is 2.16. The zero-order valence-corrected chi connectivity index (χ0v) is 11.3. The number of benzene rings is 1. The summed E-state index contributed by atoms with van der Waals surface area (Å²) in [5.74, 6) is 0.0626. The van der Waals surface area contributed by atoms with Crippen LogP contribution in [0.25, 0.3) is 0 Å². The Morgan fingerprint density at radius 2 is 1.89 bits per heavy atom. The summed E-state index contributed by atoms with van der Waals surface area (Å²) in [5, 5.41) is 7.48. The van der Waals surface area contributed by atoms with E-state index in [1.807, 2.05) is 0 Å². The molecule has 4 nitrogen and oxygen atoms in total. The van der Waals surface area contributed by atoms with Crippen LogP contribution in [-0.2, 0) is 7.05 Å². The fourth-order valence-electron chi connectivity index (χ4n) is 1.60. The van der Waals surface area contributed by atoms with E-state index in [4.69, 9.17) is 28.9 Å². The summed E-state index contributed by atoms with van der Waals surface area (Å²) in [6.07, 6.45) is 0. The molecule has 0 aliphatic carbocycles. The lowest BCUT2D eigenvalue weighted by atomic mass is 10.3. The molecule has 0 unspecified atom stereocenters. The van der Waals surface area contributed by atoms with Crippen LogP contribution in [0, 0.1) is 12.7 Å². The van der Waals surface area contributed by atoms with E-state index in [0.29, 0.717) is 22.9 Å². The van der Waals surface area contributed by atoms with E-state index in [2.05, 4.69) is 10.4 Å². The molecule has 1 aromatic carbocycles. The molecule has 3 N–H and O–H groups in total. The van der Waals surface area contributed by atoms with Crippen LogP contribution in [0.5, 0.6) is 0 Å². The number of hydrogen-bond donors (Lipinski definition) is 2. The number of nitrogens with one attached hydrogen (secondary N) is 1. The normalized spacial score (nSPS) is 10.7. The Bertz CT molecular complexity index is 586. The van der Waals surface area contributed by atoms with Crippen molar-refractivity contribution in [2.24, 2.45) is 7.05 Å². The Hall–Kier alpha value is -1.46. The molecule has 0 bridgehead atoms. The van der Waals surface area contributed by atoms with Gasteiger partial charge in [-0.1, -0.05) is 23.2 Å². The lowest BCUT2D eigenvalue weighted by molar-refractivity contribution is 0.628. The number of hydrogen-bond acceptors (Lipinski definition) is 3. The molecule has 0 fully saturated rings. The van der Waals surface area contributed by atoms with Gasteiger partial charge in [-0.3, -0.25) is 4.68 Å². The largest absolute Gasteiger partial charge is 0.394 e. The average molecular weight is 289 g/mol. The number of aromatic nitrogens is 2. The highest BCUT2D eigenvalue weighted by molar-refractivity contribution is 6.39. The Balaban J connectivity index is 2.46. The molecule has 0 saturated carbocycles. The predicted octanol–water partition coefficient (Wildman–Crippen LogP) is 3.50. The number of halogens is 3. The minimum Gasteiger partial charge on any atom is -0.394 e. The molecule has 96 valence electrons. The van der Waals surface area contributed by atoms with Crippen molar-refractivity contribution in [3.05, 3.63) is 33.7 Å². The molecule has 0 aliphatic heterocycles. The lowest BCUT2D eigenvalue weighted by Gasteiger charge is -2.11. The van der Waals surface area contributed by atoms with E-state index in [0.717, 1.165) is 0 Å². The molecule has 7 heteroatoms. The van der Waals surface area contributed by atoms with Crippen molar-refractivity contribution in [1.82, 2.24) is 9.78 Å². The second-order valence-corrected chi connectivity index (χ2v) is 4.66. The molecule has 0 spiro atoms. The number of anilines is 3. The monoisotopic (exact) mass is 288 g/mol. The minimum atomic E-state index is -0.496. The quantitative estimate of drug-likeness (QED) is 0.889. The smallest absolute Gasteiger partial charge is 0.152 e. The van der Waals surface area contributed by atoms with Gasteiger partial charge in [0.25, 0.3) is 0 Å². The van der Waals surface area contributed by atoms with Gasteiger partial charge in [-0.05, 0) is 19.1 Å². The first-order chi connectivity index (χ1) is 8.40. The third kappa shape index (κ3) is 2.23. The van der Waals surface area contributed by atoms with Gasteiger partial charge in [-0.2, -0.15) is 5.10 Å². The number of nitrogens with two attached hydrogens (primary N) is 1. The van der Waals surface area contributed by atoms with Crippen LogP contribution in [0.3, 0.4) is 0 Å². The first kappa shape index (κ1) is 13.0. The molecule has 18 heavy (non-hydrogen) atoms. The zero-order chi connectivity index (χ0) is 13.4. The summed E-state index contributed by atoms with van der Waals surface area (Å²) < 4.78 is 14.6. The summed E-state index contributed by atoms with van der Waals surface area (Å²) in [7, 11) is 1.73. The van der Waals surface area contributed by atoms with Crippen molar-refractivity contribution < 1.29 is 4.39 Å². The molecular weight excluding hydrogens is 278 g/mol. The second-order valence-electron chi connectivity index (χ2n) is 3.84. The van der Waals surface area contributed by atoms with E-state index >= 15 is 0 Å². The van der Waals surface area contributed by atoms with Crippen LogP contribution >= 0.6 is 23.2 Å². The number of rotatable bonds is 2.